The minimum atomic E-state index is -1.01. The smallest absolute Gasteiger partial charge is 0.331 e. The normalized spacial score (nSPS) is 12.6. The van der Waals surface area contributed by atoms with Crippen molar-refractivity contribution in [2.24, 2.45) is 0 Å². The van der Waals surface area contributed by atoms with Crippen LogP contribution < -0.4 is 5.46 Å². The SMILES string of the molecule is CC(C)(O)C(C)(C)O[B]c1cc(Cl)ccc1-c1cccc2c1oc1ccccc12. The molecule has 0 unspecified atom stereocenters. The van der Waals surface area contributed by atoms with E-state index in [4.69, 9.17) is 20.7 Å². The molecule has 0 aliphatic heterocycles. The number of para-hydroxylation sites is 2. The van der Waals surface area contributed by atoms with Crippen molar-refractivity contribution in [3.8, 4) is 11.1 Å². The topological polar surface area (TPSA) is 42.6 Å². The molecule has 4 rings (SSSR count). The number of benzene rings is 3. The average Bonchev–Trinajstić information content (AvgIpc) is 3.05. The van der Waals surface area contributed by atoms with E-state index in [1.54, 1.807) is 21.3 Å². The van der Waals surface area contributed by atoms with Crippen molar-refractivity contribution >= 4 is 46.5 Å². The van der Waals surface area contributed by atoms with Gasteiger partial charge in [-0.25, -0.2) is 0 Å². The van der Waals surface area contributed by atoms with Crippen molar-refractivity contribution in [3.05, 3.63) is 65.7 Å². The second-order valence-corrected chi connectivity index (χ2v) is 8.75. The quantitative estimate of drug-likeness (QED) is 0.432. The van der Waals surface area contributed by atoms with Crippen LogP contribution >= 0.6 is 11.6 Å². The number of halogens is 1. The van der Waals surface area contributed by atoms with Crippen molar-refractivity contribution in [1.82, 2.24) is 0 Å². The highest BCUT2D eigenvalue weighted by atomic mass is 35.5. The summed E-state index contributed by atoms with van der Waals surface area (Å²) in [6.45, 7) is 7.17. The fourth-order valence-electron chi connectivity index (χ4n) is 3.19. The molecule has 0 fully saturated rings. The summed E-state index contributed by atoms with van der Waals surface area (Å²) < 4.78 is 12.2. The van der Waals surface area contributed by atoms with Crippen LogP contribution in [0.4, 0.5) is 0 Å². The van der Waals surface area contributed by atoms with E-state index in [1.165, 1.54) is 0 Å². The van der Waals surface area contributed by atoms with E-state index in [1.807, 2.05) is 62.4 Å². The lowest BCUT2D eigenvalue weighted by molar-refractivity contribution is -0.0893. The molecule has 0 spiro atoms. The van der Waals surface area contributed by atoms with Gasteiger partial charge in [0.1, 0.15) is 11.2 Å². The second-order valence-electron chi connectivity index (χ2n) is 8.32. The summed E-state index contributed by atoms with van der Waals surface area (Å²) in [7, 11) is 1.67. The molecule has 1 N–H and O–H groups in total. The van der Waals surface area contributed by atoms with Gasteiger partial charge in [0.2, 0.25) is 0 Å². The van der Waals surface area contributed by atoms with Gasteiger partial charge >= 0.3 is 7.48 Å². The molecule has 1 radical (unpaired) electrons. The Labute approximate surface area is 176 Å². The van der Waals surface area contributed by atoms with Crippen LogP contribution in [0.2, 0.25) is 5.02 Å². The molecular weight excluding hydrogens is 383 g/mol. The zero-order chi connectivity index (χ0) is 20.8. The minimum absolute atomic E-state index is 0.612. The number of rotatable bonds is 5. The van der Waals surface area contributed by atoms with Gasteiger partial charge in [0, 0.05) is 21.4 Å². The summed E-state index contributed by atoms with van der Waals surface area (Å²) in [5, 5.41) is 13.2. The summed E-state index contributed by atoms with van der Waals surface area (Å²) in [6.07, 6.45) is 0. The Balaban J connectivity index is 1.82. The van der Waals surface area contributed by atoms with E-state index in [0.717, 1.165) is 38.5 Å². The third-order valence-electron chi connectivity index (χ3n) is 5.66. The zero-order valence-electron chi connectivity index (χ0n) is 17.0. The Morgan fingerprint density at radius 2 is 1.62 bits per heavy atom. The lowest BCUT2D eigenvalue weighted by atomic mass is 9.78. The maximum atomic E-state index is 10.4. The summed E-state index contributed by atoms with van der Waals surface area (Å²) >= 11 is 6.28. The molecule has 0 atom stereocenters. The van der Waals surface area contributed by atoms with E-state index in [9.17, 15) is 5.11 Å². The van der Waals surface area contributed by atoms with Crippen LogP contribution in [0.3, 0.4) is 0 Å². The average molecular weight is 406 g/mol. The number of aliphatic hydroxyl groups is 1. The van der Waals surface area contributed by atoms with Crippen LogP contribution in [-0.4, -0.2) is 23.8 Å². The molecule has 5 heteroatoms. The van der Waals surface area contributed by atoms with Crippen LogP contribution in [0.15, 0.2) is 65.1 Å². The van der Waals surface area contributed by atoms with E-state index in [2.05, 4.69) is 12.1 Å². The molecule has 4 aromatic rings. The van der Waals surface area contributed by atoms with E-state index in [0.29, 0.717) is 5.02 Å². The molecule has 3 nitrogen and oxygen atoms in total. The van der Waals surface area contributed by atoms with Crippen molar-refractivity contribution in [3.63, 3.8) is 0 Å². The van der Waals surface area contributed by atoms with Gasteiger partial charge in [-0.05, 0) is 56.9 Å². The largest absolute Gasteiger partial charge is 0.455 e. The predicted octanol–water partition coefficient (Wildman–Crippen LogP) is 5.72. The Bertz CT molecular complexity index is 1190. The third-order valence-corrected chi connectivity index (χ3v) is 5.90. The fraction of sp³-hybridized carbons (Fsp3) is 0.250. The molecule has 29 heavy (non-hydrogen) atoms. The van der Waals surface area contributed by atoms with Crippen LogP contribution in [0.5, 0.6) is 0 Å². The number of hydrogen-bond donors (Lipinski definition) is 1. The number of fused-ring (bicyclic) bond motifs is 3. The maximum Gasteiger partial charge on any atom is 0.331 e. The monoisotopic (exact) mass is 405 g/mol. The van der Waals surface area contributed by atoms with Gasteiger partial charge in [-0.3, -0.25) is 0 Å². The molecule has 0 saturated heterocycles. The number of hydrogen-bond acceptors (Lipinski definition) is 3. The highest BCUT2D eigenvalue weighted by Gasteiger charge is 2.36. The van der Waals surface area contributed by atoms with E-state index in [-0.39, 0.29) is 0 Å². The summed E-state index contributed by atoms with van der Waals surface area (Å²) in [5.41, 5.74) is 2.62. The van der Waals surface area contributed by atoms with Gasteiger partial charge in [-0.15, -0.1) is 0 Å². The van der Waals surface area contributed by atoms with Crippen molar-refractivity contribution in [1.29, 1.82) is 0 Å². The summed E-state index contributed by atoms with van der Waals surface area (Å²) in [5.74, 6) is 0. The van der Waals surface area contributed by atoms with Crippen LogP contribution in [0, 0.1) is 0 Å². The molecule has 147 valence electrons. The van der Waals surface area contributed by atoms with Gasteiger partial charge in [0.25, 0.3) is 0 Å². The predicted molar refractivity (Wildman–Crippen MR) is 121 cm³/mol. The molecule has 0 aliphatic rings. The van der Waals surface area contributed by atoms with Crippen LogP contribution in [0.25, 0.3) is 33.1 Å². The molecule has 0 bridgehead atoms. The zero-order valence-corrected chi connectivity index (χ0v) is 17.7. The second kappa shape index (κ2) is 7.21. The highest BCUT2D eigenvalue weighted by molar-refractivity contribution is 6.50. The van der Waals surface area contributed by atoms with Crippen LogP contribution in [0.1, 0.15) is 27.7 Å². The Morgan fingerprint density at radius 1 is 0.897 bits per heavy atom. The fourth-order valence-corrected chi connectivity index (χ4v) is 3.37. The summed E-state index contributed by atoms with van der Waals surface area (Å²) in [6, 6.07) is 19.8. The first-order valence-electron chi connectivity index (χ1n) is 9.61. The van der Waals surface area contributed by atoms with Crippen molar-refractivity contribution in [2.75, 3.05) is 0 Å². The molecule has 0 amide bonds. The maximum absolute atomic E-state index is 10.4. The van der Waals surface area contributed by atoms with Crippen molar-refractivity contribution < 1.29 is 14.2 Å². The third kappa shape index (κ3) is 3.68. The minimum Gasteiger partial charge on any atom is -0.455 e. The first-order valence-corrected chi connectivity index (χ1v) is 9.99. The molecule has 1 aromatic heterocycles. The van der Waals surface area contributed by atoms with Gasteiger partial charge in [0.15, 0.2) is 0 Å². The summed E-state index contributed by atoms with van der Waals surface area (Å²) in [4.78, 5) is 0. The molecule has 0 aliphatic carbocycles. The van der Waals surface area contributed by atoms with Gasteiger partial charge in [-0.2, -0.15) is 0 Å². The molecule has 3 aromatic carbocycles. The lowest BCUT2D eigenvalue weighted by Crippen LogP contribution is -2.49. The Kier molecular flexibility index (Phi) is 4.98. The molecule has 1 heterocycles. The van der Waals surface area contributed by atoms with Crippen molar-refractivity contribution in [2.45, 2.75) is 38.9 Å². The Hall–Kier alpha value is -2.27. The van der Waals surface area contributed by atoms with E-state index < -0.39 is 11.2 Å². The first kappa shape index (κ1) is 20.0. The van der Waals surface area contributed by atoms with Gasteiger partial charge in [-0.1, -0.05) is 54.1 Å². The molecular formula is C24H23BClO3. The van der Waals surface area contributed by atoms with Gasteiger partial charge in [0.05, 0.1) is 11.2 Å². The number of furan rings is 1. The lowest BCUT2D eigenvalue weighted by Gasteiger charge is -2.37. The standard InChI is InChI=1S/C24H23BClO3/c1-23(2,27)24(3,4)29-25-20-14-15(26)12-13-16(20)18-9-7-10-19-17-8-5-6-11-21(17)28-22(18)19/h5-14,27H,1-4H3. The van der Waals surface area contributed by atoms with Crippen LogP contribution in [-0.2, 0) is 4.65 Å². The van der Waals surface area contributed by atoms with Gasteiger partial charge < -0.3 is 14.2 Å². The Morgan fingerprint density at radius 3 is 2.38 bits per heavy atom. The molecule has 0 saturated carbocycles. The highest BCUT2D eigenvalue weighted by Crippen LogP contribution is 2.35. The van der Waals surface area contributed by atoms with E-state index >= 15 is 0 Å². The first-order chi connectivity index (χ1) is 13.7.